The second-order valence-electron chi connectivity index (χ2n) is 5.24. The summed E-state index contributed by atoms with van der Waals surface area (Å²) in [5.74, 6) is 1.76. The molecule has 0 saturated heterocycles. The minimum absolute atomic E-state index is 0.439. The Morgan fingerprint density at radius 1 is 1.08 bits per heavy atom. The molecule has 24 heavy (non-hydrogen) atoms. The number of nitrogens with zero attached hydrogens (tertiary/aromatic N) is 4. The Balaban J connectivity index is 1.79. The quantitative estimate of drug-likeness (QED) is 0.597. The van der Waals surface area contributed by atoms with E-state index in [1.54, 1.807) is 18.7 Å². The summed E-state index contributed by atoms with van der Waals surface area (Å²) in [4.78, 5) is 13.2. The molecule has 4 heterocycles. The molecule has 0 aliphatic heterocycles. The Hall–Kier alpha value is -3.48. The summed E-state index contributed by atoms with van der Waals surface area (Å²) in [5, 5.41) is 10.1. The molecule has 118 valence electrons. The van der Waals surface area contributed by atoms with Crippen molar-refractivity contribution in [1.29, 1.82) is 0 Å². The number of anilines is 2. The van der Waals surface area contributed by atoms with Gasteiger partial charge in [0.05, 0.1) is 12.0 Å². The minimum Gasteiger partial charge on any atom is -0.463 e. The van der Waals surface area contributed by atoms with E-state index in [0.717, 1.165) is 17.0 Å². The molecule has 0 spiro atoms. The average Bonchev–Trinajstić information content (AvgIpc) is 3.27. The van der Waals surface area contributed by atoms with E-state index >= 15 is 0 Å². The van der Waals surface area contributed by atoms with Crippen LogP contribution in [0.4, 0.5) is 11.8 Å². The van der Waals surface area contributed by atoms with E-state index in [-0.39, 0.29) is 0 Å². The molecule has 4 aromatic heterocycles. The molecule has 0 saturated carbocycles. The van der Waals surface area contributed by atoms with Gasteiger partial charge in [0, 0.05) is 29.7 Å². The first-order valence-corrected chi connectivity index (χ1v) is 7.40. The molecule has 0 aromatic carbocycles. The summed E-state index contributed by atoms with van der Waals surface area (Å²) >= 11 is 0. The van der Waals surface area contributed by atoms with Crippen LogP contribution in [0, 0.1) is 6.92 Å². The third kappa shape index (κ3) is 2.87. The number of furan rings is 1. The normalized spacial score (nSPS) is 10.7. The van der Waals surface area contributed by atoms with Crippen molar-refractivity contribution in [3.8, 4) is 22.7 Å². The number of pyridine rings is 1. The van der Waals surface area contributed by atoms with E-state index in [1.165, 1.54) is 0 Å². The number of nitrogens with one attached hydrogen (secondary N) is 2. The van der Waals surface area contributed by atoms with Gasteiger partial charge in [-0.15, -0.1) is 0 Å². The van der Waals surface area contributed by atoms with Crippen LogP contribution in [0.15, 0.2) is 59.5 Å². The van der Waals surface area contributed by atoms with Crippen LogP contribution in [0.5, 0.6) is 0 Å². The van der Waals surface area contributed by atoms with Crippen molar-refractivity contribution in [1.82, 2.24) is 25.1 Å². The third-order valence-electron chi connectivity index (χ3n) is 3.40. The van der Waals surface area contributed by atoms with Crippen LogP contribution in [0.1, 0.15) is 5.69 Å². The lowest BCUT2D eigenvalue weighted by Gasteiger charge is -2.07. The van der Waals surface area contributed by atoms with Gasteiger partial charge in [-0.3, -0.25) is 10.1 Å². The van der Waals surface area contributed by atoms with E-state index in [0.29, 0.717) is 23.2 Å². The molecule has 0 aliphatic rings. The molecule has 0 bridgehead atoms. The Morgan fingerprint density at radius 3 is 2.71 bits per heavy atom. The highest BCUT2D eigenvalue weighted by Crippen LogP contribution is 2.26. The lowest BCUT2D eigenvalue weighted by molar-refractivity contribution is 0.580. The topological polar surface area (TPSA) is 92.5 Å². The van der Waals surface area contributed by atoms with Crippen LogP contribution >= 0.6 is 0 Å². The predicted octanol–water partition coefficient (Wildman–Crippen LogP) is 3.57. The zero-order valence-electron chi connectivity index (χ0n) is 12.9. The Labute approximate surface area is 137 Å². The highest BCUT2D eigenvalue weighted by atomic mass is 16.3. The number of hydrogen-bond donors (Lipinski definition) is 2. The minimum atomic E-state index is 0.439. The van der Waals surface area contributed by atoms with Crippen LogP contribution in [0.25, 0.3) is 22.7 Å². The monoisotopic (exact) mass is 318 g/mol. The van der Waals surface area contributed by atoms with Crippen LogP contribution < -0.4 is 5.32 Å². The summed E-state index contributed by atoms with van der Waals surface area (Å²) in [7, 11) is 0. The van der Waals surface area contributed by atoms with Crippen molar-refractivity contribution < 1.29 is 4.42 Å². The van der Waals surface area contributed by atoms with Crippen molar-refractivity contribution in [3.63, 3.8) is 0 Å². The first-order valence-electron chi connectivity index (χ1n) is 7.40. The third-order valence-corrected chi connectivity index (χ3v) is 3.40. The Kier molecular flexibility index (Phi) is 3.51. The van der Waals surface area contributed by atoms with Gasteiger partial charge in [0.1, 0.15) is 5.69 Å². The highest BCUT2D eigenvalue weighted by Gasteiger charge is 2.11. The van der Waals surface area contributed by atoms with Crippen LogP contribution in [0.2, 0.25) is 0 Å². The van der Waals surface area contributed by atoms with Gasteiger partial charge in [-0.1, -0.05) is 0 Å². The number of hydrogen-bond acceptors (Lipinski definition) is 6. The highest BCUT2D eigenvalue weighted by molar-refractivity contribution is 5.67. The fraction of sp³-hybridized carbons (Fsp3) is 0.0588. The van der Waals surface area contributed by atoms with Crippen molar-refractivity contribution in [2.45, 2.75) is 6.92 Å². The van der Waals surface area contributed by atoms with E-state index in [9.17, 15) is 0 Å². The lowest BCUT2D eigenvalue weighted by Crippen LogP contribution is -2.00. The number of aromatic nitrogens is 5. The van der Waals surface area contributed by atoms with Crippen LogP contribution in [0.3, 0.4) is 0 Å². The number of rotatable bonds is 4. The Bertz CT molecular complexity index is 946. The number of aryl methyl sites for hydroxylation is 1. The zero-order valence-corrected chi connectivity index (χ0v) is 12.9. The molecular weight excluding hydrogens is 304 g/mol. The molecule has 0 atom stereocenters. The van der Waals surface area contributed by atoms with Gasteiger partial charge < -0.3 is 9.73 Å². The van der Waals surface area contributed by atoms with Gasteiger partial charge in [0.2, 0.25) is 5.95 Å². The summed E-state index contributed by atoms with van der Waals surface area (Å²) in [5.41, 5.74) is 3.28. The van der Waals surface area contributed by atoms with E-state index in [4.69, 9.17) is 4.42 Å². The molecule has 4 rings (SSSR count). The smallest absolute Gasteiger partial charge is 0.229 e. The maximum atomic E-state index is 5.46. The van der Waals surface area contributed by atoms with Gasteiger partial charge in [-0.05, 0) is 37.3 Å². The average molecular weight is 318 g/mol. The second kappa shape index (κ2) is 5.96. The zero-order chi connectivity index (χ0) is 16.4. The fourth-order valence-corrected chi connectivity index (χ4v) is 2.31. The predicted molar refractivity (Wildman–Crippen MR) is 89.6 cm³/mol. The number of H-pyrrole nitrogens is 1. The standard InChI is InChI=1S/C17H14N6O/c1-11-8-16(23-22-11)21-17-19-13(12-4-2-6-18-10-12)9-14(20-17)15-5-3-7-24-15/h2-10H,1H3,(H2,19,20,21,22,23). The van der Waals surface area contributed by atoms with Crippen molar-refractivity contribution in [2.75, 3.05) is 5.32 Å². The summed E-state index contributed by atoms with van der Waals surface area (Å²) in [6.45, 7) is 1.93. The van der Waals surface area contributed by atoms with E-state index in [2.05, 4.69) is 30.5 Å². The second-order valence-corrected chi connectivity index (χ2v) is 5.24. The van der Waals surface area contributed by atoms with Crippen LogP contribution in [-0.4, -0.2) is 25.1 Å². The van der Waals surface area contributed by atoms with Gasteiger partial charge in [0.25, 0.3) is 0 Å². The Morgan fingerprint density at radius 2 is 2.00 bits per heavy atom. The molecule has 0 fully saturated rings. The summed E-state index contributed by atoms with van der Waals surface area (Å²) in [6, 6.07) is 11.3. The lowest BCUT2D eigenvalue weighted by atomic mass is 10.1. The molecule has 2 N–H and O–H groups in total. The fourth-order valence-electron chi connectivity index (χ4n) is 2.31. The first-order chi connectivity index (χ1) is 11.8. The van der Waals surface area contributed by atoms with E-state index in [1.807, 2.05) is 43.3 Å². The van der Waals surface area contributed by atoms with Crippen molar-refractivity contribution in [3.05, 3.63) is 60.7 Å². The van der Waals surface area contributed by atoms with Crippen molar-refractivity contribution >= 4 is 11.8 Å². The molecule has 7 heteroatoms. The SMILES string of the molecule is Cc1cc(Nc2nc(-c3cccnc3)cc(-c3ccco3)n2)n[nH]1. The molecule has 4 aromatic rings. The van der Waals surface area contributed by atoms with Gasteiger partial charge >= 0.3 is 0 Å². The first kappa shape index (κ1) is 14.1. The summed E-state index contributed by atoms with van der Waals surface area (Å²) in [6.07, 6.45) is 5.10. The van der Waals surface area contributed by atoms with Gasteiger partial charge in [-0.25, -0.2) is 9.97 Å². The molecular formula is C17H14N6O. The maximum Gasteiger partial charge on any atom is 0.229 e. The van der Waals surface area contributed by atoms with E-state index < -0.39 is 0 Å². The van der Waals surface area contributed by atoms with Crippen molar-refractivity contribution in [2.24, 2.45) is 0 Å². The molecule has 0 radical (unpaired) electrons. The van der Waals surface area contributed by atoms with Crippen LogP contribution in [-0.2, 0) is 0 Å². The van der Waals surface area contributed by atoms with Gasteiger partial charge in [-0.2, -0.15) is 5.10 Å². The molecule has 0 amide bonds. The van der Waals surface area contributed by atoms with Gasteiger partial charge in [0.15, 0.2) is 11.6 Å². The molecule has 0 aliphatic carbocycles. The summed E-state index contributed by atoms with van der Waals surface area (Å²) < 4.78 is 5.46. The largest absolute Gasteiger partial charge is 0.463 e. The number of aromatic amines is 1. The maximum absolute atomic E-state index is 5.46. The molecule has 0 unspecified atom stereocenters. The molecule has 7 nitrogen and oxygen atoms in total.